The molecule has 8 heteroatoms. The van der Waals surface area contributed by atoms with Crippen LogP contribution in [-0.2, 0) is 0 Å². The first-order valence-corrected chi connectivity index (χ1v) is 9.35. The van der Waals surface area contributed by atoms with Crippen molar-refractivity contribution in [2.75, 3.05) is 43.1 Å². The quantitative estimate of drug-likeness (QED) is 0.556. The third kappa shape index (κ3) is 2.53. The molecule has 1 aromatic carbocycles. The molecule has 0 atom stereocenters. The summed E-state index contributed by atoms with van der Waals surface area (Å²) in [5.74, 6) is 1.80. The van der Waals surface area contributed by atoms with Crippen molar-refractivity contribution < 1.29 is 4.74 Å². The van der Waals surface area contributed by atoms with E-state index in [4.69, 9.17) is 9.72 Å². The molecule has 0 unspecified atom stereocenters. The maximum Gasteiger partial charge on any atom is 0.186 e. The fraction of sp³-hybridized carbons (Fsp3) is 0.278. The molecule has 1 aliphatic heterocycles. The molecule has 132 valence electrons. The number of benzene rings is 1. The summed E-state index contributed by atoms with van der Waals surface area (Å²) in [7, 11) is 1.68. The van der Waals surface area contributed by atoms with Gasteiger partial charge in [-0.2, -0.15) is 0 Å². The van der Waals surface area contributed by atoms with E-state index in [2.05, 4.69) is 25.8 Å². The second-order valence-electron chi connectivity index (χ2n) is 6.21. The molecule has 0 amide bonds. The van der Waals surface area contributed by atoms with Crippen molar-refractivity contribution >= 4 is 38.2 Å². The largest absolute Gasteiger partial charge is 0.497 e. The van der Waals surface area contributed by atoms with Gasteiger partial charge in [0.1, 0.15) is 5.75 Å². The summed E-state index contributed by atoms with van der Waals surface area (Å²) in [6, 6.07) is 6.06. The van der Waals surface area contributed by atoms with Gasteiger partial charge in [0, 0.05) is 57.0 Å². The molecule has 0 spiro atoms. The zero-order valence-corrected chi connectivity index (χ0v) is 15.2. The molecule has 0 N–H and O–H groups in total. The number of methoxy groups -OCH3 is 1. The molecule has 0 radical (unpaired) electrons. The lowest BCUT2D eigenvalue weighted by Gasteiger charge is -2.35. The number of thiazole rings is 1. The molecule has 1 aliphatic rings. The van der Waals surface area contributed by atoms with Gasteiger partial charge in [-0.3, -0.25) is 0 Å². The molecular formula is C18H18N6OS. The summed E-state index contributed by atoms with van der Waals surface area (Å²) in [6.07, 6.45) is 7.52. The molecule has 0 bridgehead atoms. The summed E-state index contributed by atoms with van der Waals surface area (Å²) >= 11 is 1.73. The van der Waals surface area contributed by atoms with Crippen molar-refractivity contribution in [1.29, 1.82) is 0 Å². The number of anilines is 2. The second-order valence-corrected chi connectivity index (χ2v) is 7.22. The van der Waals surface area contributed by atoms with Gasteiger partial charge in [0.25, 0.3) is 0 Å². The number of nitrogens with zero attached hydrogens (tertiary/aromatic N) is 6. The lowest BCUT2D eigenvalue weighted by atomic mass is 10.3. The number of fused-ring (bicyclic) bond motifs is 2. The smallest absolute Gasteiger partial charge is 0.186 e. The summed E-state index contributed by atoms with van der Waals surface area (Å²) in [4.78, 5) is 18.4. The van der Waals surface area contributed by atoms with Gasteiger partial charge in [0.2, 0.25) is 0 Å². The highest BCUT2D eigenvalue weighted by Crippen LogP contribution is 2.32. The molecule has 3 aromatic heterocycles. The summed E-state index contributed by atoms with van der Waals surface area (Å²) < 4.78 is 8.49. The molecule has 5 rings (SSSR count). The van der Waals surface area contributed by atoms with Crippen LogP contribution in [0.15, 0.2) is 43.0 Å². The normalized spacial score (nSPS) is 15.1. The first-order chi connectivity index (χ1) is 12.8. The topological polar surface area (TPSA) is 58.8 Å². The van der Waals surface area contributed by atoms with Crippen molar-refractivity contribution in [3.63, 3.8) is 0 Å². The van der Waals surface area contributed by atoms with Gasteiger partial charge < -0.3 is 18.9 Å². The van der Waals surface area contributed by atoms with Crippen LogP contribution in [0.2, 0.25) is 0 Å². The zero-order valence-electron chi connectivity index (χ0n) is 14.4. The monoisotopic (exact) mass is 366 g/mol. The van der Waals surface area contributed by atoms with Crippen LogP contribution < -0.4 is 14.5 Å². The molecule has 26 heavy (non-hydrogen) atoms. The fourth-order valence-corrected chi connectivity index (χ4v) is 4.33. The van der Waals surface area contributed by atoms with E-state index in [1.54, 1.807) is 18.4 Å². The standard InChI is InChI=1S/C18H18N6OS/c1-25-13-2-3-15-14(12-13)21-18(26-15)24-10-8-23(9-11-24)17-16-19-4-6-22(16)7-5-20-17/h2-7,12H,8-11H2,1H3. The molecule has 0 saturated carbocycles. The van der Waals surface area contributed by atoms with Crippen LogP contribution in [0, 0.1) is 0 Å². The Bertz CT molecular complexity index is 1070. The zero-order chi connectivity index (χ0) is 17.5. The Hall–Kier alpha value is -2.87. The number of imidazole rings is 1. The third-order valence-electron chi connectivity index (χ3n) is 4.73. The van der Waals surface area contributed by atoms with Crippen LogP contribution in [0.4, 0.5) is 10.9 Å². The summed E-state index contributed by atoms with van der Waals surface area (Å²) in [5.41, 5.74) is 1.91. The number of piperazine rings is 1. The van der Waals surface area contributed by atoms with Crippen molar-refractivity contribution in [3.05, 3.63) is 43.0 Å². The van der Waals surface area contributed by atoms with Gasteiger partial charge in [0.05, 0.1) is 17.3 Å². The van der Waals surface area contributed by atoms with Crippen molar-refractivity contribution in [2.45, 2.75) is 0 Å². The predicted molar refractivity (Wildman–Crippen MR) is 104 cm³/mol. The van der Waals surface area contributed by atoms with Crippen LogP contribution >= 0.6 is 11.3 Å². The molecule has 1 fully saturated rings. The molecule has 4 aromatic rings. The molecule has 1 saturated heterocycles. The van der Waals surface area contributed by atoms with Crippen LogP contribution in [-0.4, -0.2) is 52.6 Å². The lowest BCUT2D eigenvalue weighted by molar-refractivity contribution is 0.415. The van der Waals surface area contributed by atoms with E-state index in [0.29, 0.717) is 0 Å². The summed E-state index contributed by atoms with van der Waals surface area (Å²) in [6.45, 7) is 3.64. The van der Waals surface area contributed by atoms with Gasteiger partial charge in [-0.1, -0.05) is 11.3 Å². The Balaban J connectivity index is 1.36. The Morgan fingerprint density at radius 1 is 1.00 bits per heavy atom. The maximum atomic E-state index is 5.30. The van der Waals surface area contributed by atoms with E-state index >= 15 is 0 Å². The summed E-state index contributed by atoms with van der Waals surface area (Å²) in [5, 5.41) is 1.07. The molecule has 7 nitrogen and oxygen atoms in total. The van der Waals surface area contributed by atoms with Crippen molar-refractivity contribution in [2.24, 2.45) is 0 Å². The predicted octanol–water partition coefficient (Wildman–Crippen LogP) is 2.67. The number of hydrogen-bond acceptors (Lipinski definition) is 7. The van der Waals surface area contributed by atoms with E-state index in [1.807, 2.05) is 41.3 Å². The minimum Gasteiger partial charge on any atom is -0.497 e. The van der Waals surface area contributed by atoms with E-state index in [1.165, 1.54) is 4.70 Å². The minimum absolute atomic E-state index is 0.845. The Labute approximate surface area is 154 Å². The number of aromatic nitrogens is 4. The second kappa shape index (κ2) is 6.14. The van der Waals surface area contributed by atoms with Crippen molar-refractivity contribution in [1.82, 2.24) is 19.4 Å². The van der Waals surface area contributed by atoms with Crippen LogP contribution in [0.25, 0.3) is 15.9 Å². The van der Waals surface area contributed by atoms with Gasteiger partial charge in [0.15, 0.2) is 16.6 Å². The minimum atomic E-state index is 0.845. The molecule has 4 heterocycles. The SMILES string of the molecule is COc1ccc2sc(N3CCN(c4nccn5ccnc45)CC3)nc2c1. The van der Waals surface area contributed by atoms with E-state index in [9.17, 15) is 0 Å². The van der Waals surface area contributed by atoms with Crippen LogP contribution in [0.5, 0.6) is 5.75 Å². The van der Waals surface area contributed by atoms with Gasteiger partial charge in [-0.15, -0.1) is 0 Å². The van der Waals surface area contributed by atoms with Crippen LogP contribution in [0.3, 0.4) is 0 Å². The van der Waals surface area contributed by atoms with E-state index < -0.39 is 0 Å². The average Bonchev–Trinajstić information content (AvgIpc) is 3.34. The Morgan fingerprint density at radius 3 is 2.58 bits per heavy atom. The number of ether oxygens (including phenoxy) is 1. The maximum absolute atomic E-state index is 5.30. The first kappa shape index (κ1) is 15.4. The van der Waals surface area contributed by atoms with E-state index in [0.717, 1.165) is 54.0 Å². The van der Waals surface area contributed by atoms with Crippen molar-refractivity contribution in [3.8, 4) is 5.75 Å². The Morgan fingerprint density at radius 2 is 1.77 bits per heavy atom. The van der Waals surface area contributed by atoms with Crippen LogP contribution in [0.1, 0.15) is 0 Å². The molecular weight excluding hydrogens is 348 g/mol. The average molecular weight is 366 g/mol. The highest BCUT2D eigenvalue weighted by atomic mass is 32.1. The number of hydrogen-bond donors (Lipinski definition) is 0. The highest BCUT2D eigenvalue weighted by molar-refractivity contribution is 7.22. The van der Waals surface area contributed by atoms with Gasteiger partial charge in [-0.05, 0) is 12.1 Å². The fourth-order valence-electron chi connectivity index (χ4n) is 3.33. The number of rotatable bonds is 3. The van der Waals surface area contributed by atoms with Gasteiger partial charge in [-0.25, -0.2) is 15.0 Å². The molecule has 0 aliphatic carbocycles. The highest BCUT2D eigenvalue weighted by Gasteiger charge is 2.22. The first-order valence-electron chi connectivity index (χ1n) is 8.54. The third-order valence-corrected chi connectivity index (χ3v) is 5.82. The van der Waals surface area contributed by atoms with Gasteiger partial charge >= 0.3 is 0 Å². The lowest BCUT2D eigenvalue weighted by Crippen LogP contribution is -2.47. The Kier molecular flexibility index (Phi) is 3.63. The van der Waals surface area contributed by atoms with E-state index in [-0.39, 0.29) is 0 Å².